The van der Waals surface area contributed by atoms with Crippen LogP contribution in [0.2, 0.25) is 0 Å². The molecule has 1 atom stereocenters. The van der Waals surface area contributed by atoms with Crippen LogP contribution >= 0.6 is 0 Å². The van der Waals surface area contributed by atoms with E-state index in [0.717, 1.165) is 18.2 Å². The molecule has 1 aromatic rings. The van der Waals surface area contributed by atoms with E-state index in [1.807, 2.05) is 4.68 Å². The molecule has 0 aromatic carbocycles. The van der Waals surface area contributed by atoms with Crippen LogP contribution in [0.5, 0.6) is 0 Å². The highest BCUT2D eigenvalue weighted by Crippen LogP contribution is 2.09. The van der Waals surface area contributed by atoms with Crippen LogP contribution in [-0.4, -0.2) is 15.8 Å². The van der Waals surface area contributed by atoms with E-state index in [9.17, 15) is 0 Å². The summed E-state index contributed by atoms with van der Waals surface area (Å²) in [5.74, 6) is 0.818. The Morgan fingerprint density at radius 1 is 1.17 bits per heavy atom. The zero-order valence-electron chi connectivity index (χ0n) is 12.6. The molecule has 0 aliphatic rings. The van der Waals surface area contributed by atoms with Gasteiger partial charge < -0.3 is 5.32 Å². The molecule has 3 nitrogen and oxygen atoms in total. The van der Waals surface area contributed by atoms with Gasteiger partial charge in [-0.3, -0.25) is 4.68 Å². The van der Waals surface area contributed by atoms with Gasteiger partial charge in [-0.25, -0.2) is 0 Å². The van der Waals surface area contributed by atoms with Crippen LogP contribution in [0.4, 0.5) is 0 Å². The van der Waals surface area contributed by atoms with E-state index in [0.29, 0.717) is 12.1 Å². The second-order valence-electron chi connectivity index (χ2n) is 5.99. The van der Waals surface area contributed by atoms with Gasteiger partial charge in [-0.1, -0.05) is 26.7 Å². The quantitative estimate of drug-likeness (QED) is 0.762. The Morgan fingerprint density at radius 3 is 2.44 bits per heavy atom. The Labute approximate surface area is 112 Å². The highest BCUT2D eigenvalue weighted by Gasteiger charge is 2.05. The lowest BCUT2D eigenvalue weighted by molar-refractivity contribution is 0.451. The van der Waals surface area contributed by atoms with Crippen molar-refractivity contribution in [2.75, 3.05) is 0 Å². The van der Waals surface area contributed by atoms with Crippen molar-refractivity contribution < 1.29 is 0 Å². The number of aromatic nitrogens is 2. The Morgan fingerprint density at radius 2 is 1.89 bits per heavy atom. The number of hydrogen-bond acceptors (Lipinski definition) is 2. The fourth-order valence-corrected chi connectivity index (χ4v) is 1.97. The zero-order chi connectivity index (χ0) is 13.5. The fraction of sp³-hybridized carbons (Fsp3) is 0.800. The van der Waals surface area contributed by atoms with Gasteiger partial charge in [-0.05, 0) is 39.2 Å². The van der Waals surface area contributed by atoms with Crippen molar-refractivity contribution >= 4 is 0 Å². The normalized spacial score (nSPS) is 13.5. The second-order valence-corrected chi connectivity index (χ2v) is 5.99. The lowest BCUT2D eigenvalue weighted by Gasteiger charge is -2.13. The first-order chi connectivity index (χ1) is 8.49. The van der Waals surface area contributed by atoms with Crippen molar-refractivity contribution in [3.05, 3.63) is 18.0 Å². The largest absolute Gasteiger partial charge is 0.309 e. The third-order valence-corrected chi connectivity index (χ3v) is 3.24. The van der Waals surface area contributed by atoms with Crippen LogP contribution in [0.1, 0.15) is 65.6 Å². The van der Waals surface area contributed by atoms with Gasteiger partial charge >= 0.3 is 0 Å². The monoisotopic (exact) mass is 251 g/mol. The number of nitrogens with one attached hydrogen (secondary N) is 1. The van der Waals surface area contributed by atoms with E-state index in [4.69, 9.17) is 0 Å². The second kappa shape index (κ2) is 7.57. The van der Waals surface area contributed by atoms with E-state index in [1.54, 1.807) is 0 Å². The van der Waals surface area contributed by atoms with Crippen LogP contribution in [0.25, 0.3) is 0 Å². The van der Waals surface area contributed by atoms with Gasteiger partial charge in [0.25, 0.3) is 0 Å². The maximum absolute atomic E-state index is 4.54. The third-order valence-electron chi connectivity index (χ3n) is 3.24. The molecular formula is C15H29N3. The van der Waals surface area contributed by atoms with Crippen LogP contribution in [0.15, 0.2) is 12.3 Å². The number of hydrogen-bond donors (Lipinski definition) is 1. The smallest absolute Gasteiger partial charge is 0.0762 e. The number of nitrogens with zero attached hydrogens (tertiary/aromatic N) is 2. The molecule has 0 aliphatic carbocycles. The minimum atomic E-state index is 0.446. The minimum absolute atomic E-state index is 0.446. The summed E-state index contributed by atoms with van der Waals surface area (Å²) in [6.45, 7) is 12.0. The zero-order valence-corrected chi connectivity index (χ0v) is 12.6. The van der Waals surface area contributed by atoms with Crippen LogP contribution < -0.4 is 5.32 Å². The summed E-state index contributed by atoms with van der Waals surface area (Å²) in [5, 5.41) is 8.09. The molecule has 1 heterocycles. The molecule has 0 bridgehead atoms. The lowest BCUT2D eigenvalue weighted by atomic mass is 10.0. The van der Waals surface area contributed by atoms with Crippen molar-refractivity contribution in [3.63, 3.8) is 0 Å². The highest BCUT2D eigenvalue weighted by molar-refractivity contribution is 4.99. The standard InChI is InChI=1S/C15H29N3/c1-12(2)7-6-8-14(5)16-11-15-9-10-18(17-15)13(3)4/h9-10,12-14,16H,6-8,11H2,1-5H3. The van der Waals surface area contributed by atoms with Crippen LogP contribution in [0.3, 0.4) is 0 Å². The molecule has 0 spiro atoms. The topological polar surface area (TPSA) is 29.9 Å². The third kappa shape index (κ3) is 5.67. The lowest BCUT2D eigenvalue weighted by Crippen LogP contribution is -2.25. The molecule has 0 fully saturated rings. The molecule has 0 saturated carbocycles. The first-order valence-corrected chi connectivity index (χ1v) is 7.26. The molecule has 1 rings (SSSR count). The molecule has 0 aliphatic heterocycles. The van der Waals surface area contributed by atoms with Crippen LogP contribution in [0, 0.1) is 5.92 Å². The fourth-order valence-electron chi connectivity index (χ4n) is 1.97. The summed E-state index contributed by atoms with van der Waals surface area (Å²) >= 11 is 0. The molecule has 1 unspecified atom stereocenters. The Hall–Kier alpha value is -0.830. The summed E-state index contributed by atoms with van der Waals surface area (Å²) in [6.07, 6.45) is 5.95. The van der Waals surface area contributed by atoms with Crippen LogP contribution in [-0.2, 0) is 6.54 Å². The first-order valence-electron chi connectivity index (χ1n) is 7.26. The van der Waals surface area contributed by atoms with Gasteiger partial charge in [0.05, 0.1) is 5.69 Å². The molecule has 0 radical (unpaired) electrons. The summed E-state index contributed by atoms with van der Waals surface area (Å²) in [7, 11) is 0. The number of rotatable bonds is 8. The van der Waals surface area contributed by atoms with Gasteiger partial charge in [-0.2, -0.15) is 5.10 Å². The van der Waals surface area contributed by atoms with E-state index >= 15 is 0 Å². The molecule has 3 heteroatoms. The maximum Gasteiger partial charge on any atom is 0.0762 e. The molecule has 1 N–H and O–H groups in total. The molecule has 0 saturated heterocycles. The predicted octanol–water partition coefficient (Wildman–Crippen LogP) is 3.77. The Bertz CT molecular complexity index is 328. The molecular weight excluding hydrogens is 222 g/mol. The first kappa shape index (κ1) is 15.2. The van der Waals surface area contributed by atoms with E-state index in [1.165, 1.54) is 19.3 Å². The van der Waals surface area contributed by atoms with Crippen molar-refractivity contribution in [1.82, 2.24) is 15.1 Å². The average Bonchev–Trinajstić information content (AvgIpc) is 2.74. The Balaban J connectivity index is 2.22. The summed E-state index contributed by atoms with van der Waals surface area (Å²) < 4.78 is 2.01. The van der Waals surface area contributed by atoms with Crippen molar-refractivity contribution in [2.24, 2.45) is 5.92 Å². The van der Waals surface area contributed by atoms with Crippen molar-refractivity contribution in [3.8, 4) is 0 Å². The van der Waals surface area contributed by atoms with Gasteiger partial charge in [-0.15, -0.1) is 0 Å². The van der Waals surface area contributed by atoms with Crippen molar-refractivity contribution in [1.29, 1.82) is 0 Å². The summed E-state index contributed by atoms with van der Waals surface area (Å²) in [5.41, 5.74) is 1.14. The Kier molecular flexibility index (Phi) is 6.41. The SMILES string of the molecule is CC(C)CCCC(C)NCc1ccn(C(C)C)n1. The molecule has 18 heavy (non-hydrogen) atoms. The molecule has 0 amide bonds. The molecule has 104 valence electrons. The van der Waals surface area contributed by atoms with Gasteiger partial charge in [0.1, 0.15) is 0 Å². The van der Waals surface area contributed by atoms with Crippen molar-refractivity contribution in [2.45, 2.75) is 72.5 Å². The predicted molar refractivity (Wildman–Crippen MR) is 77.6 cm³/mol. The summed E-state index contributed by atoms with van der Waals surface area (Å²) in [6, 6.07) is 3.13. The minimum Gasteiger partial charge on any atom is -0.309 e. The maximum atomic E-state index is 4.54. The van der Waals surface area contributed by atoms with Gasteiger partial charge in [0.2, 0.25) is 0 Å². The molecule has 1 aromatic heterocycles. The van der Waals surface area contributed by atoms with E-state index in [-0.39, 0.29) is 0 Å². The van der Waals surface area contributed by atoms with E-state index < -0.39 is 0 Å². The highest BCUT2D eigenvalue weighted by atomic mass is 15.3. The van der Waals surface area contributed by atoms with Gasteiger partial charge in [0, 0.05) is 24.8 Å². The summed E-state index contributed by atoms with van der Waals surface area (Å²) in [4.78, 5) is 0. The van der Waals surface area contributed by atoms with Gasteiger partial charge in [0.15, 0.2) is 0 Å². The average molecular weight is 251 g/mol. The van der Waals surface area contributed by atoms with E-state index in [2.05, 4.69) is 57.3 Å².